The van der Waals surface area contributed by atoms with Crippen LogP contribution in [0.1, 0.15) is 34.5 Å². The molecule has 186 valence electrons. The Kier molecular flexibility index (Phi) is 6.54. The van der Waals surface area contributed by atoms with Crippen molar-refractivity contribution >= 4 is 17.2 Å². The SMILES string of the molecule is CCc1ncc(CN2CC3C(C2)C3CN(Cc2cccc(OC(F)(F)F)c2)C(=O)c2cscn2)[nH]1. The van der Waals surface area contributed by atoms with Crippen LogP contribution in [-0.4, -0.2) is 56.7 Å². The van der Waals surface area contributed by atoms with Crippen molar-refractivity contribution in [2.45, 2.75) is 32.8 Å². The highest BCUT2D eigenvalue weighted by atomic mass is 32.1. The van der Waals surface area contributed by atoms with Gasteiger partial charge in [0.25, 0.3) is 5.91 Å². The quantitative estimate of drug-likeness (QED) is 0.468. The van der Waals surface area contributed by atoms with Gasteiger partial charge in [-0.25, -0.2) is 9.97 Å². The lowest BCUT2D eigenvalue weighted by molar-refractivity contribution is -0.274. The number of carbonyl (C=O) groups is 1. The number of hydrogen-bond donors (Lipinski definition) is 1. The average molecular weight is 506 g/mol. The Bertz CT molecular complexity index is 1150. The normalized spacial score (nSPS) is 21.7. The Morgan fingerprint density at radius 3 is 2.74 bits per heavy atom. The van der Waals surface area contributed by atoms with Crippen molar-refractivity contribution in [2.75, 3.05) is 19.6 Å². The number of hydrogen-bond acceptors (Lipinski definition) is 6. The predicted molar refractivity (Wildman–Crippen MR) is 124 cm³/mol. The number of aryl methyl sites for hydroxylation is 1. The van der Waals surface area contributed by atoms with Crippen molar-refractivity contribution in [1.82, 2.24) is 24.8 Å². The molecule has 2 aromatic heterocycles. The fourth-order valence-corrected chi connectivity index (χ4v) is 5.58. The number of aromatic nitrogens is 3. The highest BCUT2D eigenvalue weighted by molar-refractivity contribution is 7.07. The van der Waals surface area contributed by atoms with Crippen LogP contribution in [0.15, 0.2) is 41.4 Å². The van der Waals surface area contributed by atoms with Gasteiger partial charge < -0.3 is 14.6 Å². The first-order chi connectivity index (χ1) is 16.8. The summed E-state index contributed by atoms with van der Waals surface area (Å²) in [5.74, 6) is 1.88. The maximum absolute atomic E-state index is 13.2. The summed E-state index contributed by atoms with van der Waals surface area (Å²) in [6.45, 7) is 5.57. The summed E-state index contributed by atoms with van der Waals surface area (Å²) in [4.78, 5) is 29.2. The lowest BCUT2D eigenvalue weighted by Crippen LogP contribution is -2.35. The van der Waals surface area contributed by atoms with Crippen LogP contribution in [0.4, 0.5) is 13.2 Å². The molecule has 1 aliphatic heterocycles. The number of ether oxygens (including phenoxy) is 1. The molecule has 35 heavy (non-hydrogen) atoms. The molecule has 3 aromatic rings. The van der Waals surface area contributed by atoms with Gasteiger partial charge in [0.1, 0.15) is 17.3 Å². The summed E-state index contributed by atoms with van der Waals surface area (Å²) in [7, 11) is 0. The van der Waals surface area contributed by atoms with E-state index in [0.717, 1.165) is 37.6 Å². The number of fused-ring (bicyclic) bond motifs is 1. The van der Waals surface area contributed by atoms with Gasteiger partial charge in [-0.15, -0.1) is 24.5 Å². The average Bonchev–Trinajstić information content (AvgIpc) is 3.34. The highest BCUT2D eigenvalue weighted by Crippen LogP contribution is 2.52. The number of thiazole rings is 1. The minimum Gasteiger partial charge on any atom is -0.406 e. The number of nitrogens with zero attached hydrogens (tertiary/aromatic N) is 4. The molecule has 1 aliphatic carbocycles. The van der Waals surface area contributed by atoms with Crippen LogP contribution in [0.25, 0.3) is 0 Å². The molecule has 1 saturated carbocycles. The Morgan fingerprint density at radius 2 is 2.09 bits per heavy atom. The van der Waals surface area contributed by atoms with E-state index in [4.69, 9.17) is 0 Å². The number of nitrogens with one attached hydrogen (secondary N) is 1. The maximum Gasteiger partial charge on any atom is 0.573 e. The van der Waals surface area contributed by atoms with E-state index in [1.54, 1.807) is 21.9 Å². The molecule has 2 aliphatic rings. The van der Waals surface area contributed by atoms with Crippen molar-refractivity contribution in [3.8, 4) is 5.75 Å². The molecule has 1 aromatic carbocycles. The monoisotopic (exact) mass is 505 g/mol. The zero-order valence-electron chi connectivity index (χ0n) is 19.2. The second-order valence-corrected chi connectivity index (χ2v) is 9.87. The fraction of sp³-hybridized carbons (Fsp3) is 0.458. The molecule has 1 amide bonds. The van der Waals surface area contributed by atoms with Gasteiger partial charge in [-0.2, -0.15) is 0 Å². The van der Waals surface area contributed by atoms with Gasteiger partial charge in [-0.3, -0.25) is 9.69 Å². The zero-order chi connectivity index (χ0) is 24.6. The Labute approximate surface area is 204 Å². The van der Waals surface area contributed by atoms with Crippen molar-refractivity contribution in [2.24, 2.45) is 17.8 Å². The van der Waals surface area contributed by atoms with Gasteiger partial charge in [0.05, 0.1) is 5.51 Å². The van der Waals surface area contributed by atoms with Gasteiger partial charge >= 0.3 is 6.36 Å². The minimum absolute atomic E-state index is 0.193. The van der Waals surface area contributed by atoms with Gasteiger partial charge in [-0.05, 0) is 35.4 Å². The zero-order valence-corrected chi connectivity index (χ0v) is 20.0. The second-order valence-electron chi connectivity index (χ2n) is 9.15. The molecule has 11 heteroatoms. The van der Waals surface area contributed by atoms with Crippen LogP contribution < -0.4 is 4.74 Å². The molecular formula is C24H26F3N5O2S. The van der Waals surface area contributed by atoms with Gasteiger partial charge in [0.2, 0.25) is 0 Å². The van der Waals surface area contributed by atoms with Crippen LogP contribution in [0, 0.1) is 17.8 Å². The minimum atomic E-state index is -4.76. The predicted octanol–water partition coefficient (Wildman–Crippen LogP) is 4.35. The van der Waals surface area contributed by atoms with Crippen LogP contribution in [0.5, 0.6) is 5.75 Å². The molecule has 1 N–H and O–H groups in total. The molecule has 2 unspecified atom stereocenters. The van der Waals surface area contributed by atoms with Crippen molar-refractivity contribution in [3.05, 3.63) is 64.1 Å². The summed E-state index contributed by atoms with van der Waals surface area (Å²) in [6, 6.07) is 5.80. The third-order valence-electron chi connectivity index (χ3n) is 6.73. The number of piperidine rings is 1. The summed E-state index contributed by atoms with van der Waals surface area (Å²) in [5, 5.41) is 1.70. The fourth-order valence-electron chi connectivity index (χ4n) is 5.06. The molecule has 0 spiro atoms. The number of alkyl halides is 3. The van der Waals surface area contributed by atoms with Crippen molar-refractivity contribution in [3.63, 3.8) is 0 Å². The first-order valence-corrected chi connectivity index (χ1v) is 12.5. The summed E-state index contributed by atoms with van der Waals surface area (Å²) in [6.07, 6.45) is -1.99. The number of imidazole rings is 1. The third kappa shape index (κ3) is 5.67. The molecule has 5 rings (SSSR count). The van der Waals surface area contributed by atoms with Crippen LogP contribution in [0.2, 0.25) is 0 Å². The molecule has 0 bridgehead atoms. The number of carbonyl (C=O) groups excluding carboxylic acids is 1. The molecule has 3 heterocycles. The van der Waals surface area contributed by atoms with Gasteiger partial charge in [0, 0.05) is 56.4 Å². The standard InChI is InChI=1S/C24H26F3N5O2S/c1-2-22-28-7-16(30-22)9-31-10-18-19(11-31)20(18)12-32(23(33)21-13-35-14-29-21)8-15-4-3-5-17(6-15)34-24(25,26)27/h3-7,13-14,18-20H,2,8-12H2,1H3,(H,28,30). The van der Waals surface area contributed by atoms with Crippen molar-refractivity contribution < 1.29 is 22.7 Å². The molecule has 0 radical (unpaired) electrons. The Balaban J connectivity index is 1.23. The van der Waals surface area contributed by atoms with Crippen LogP contribution in [0.3, 0.4) is 0 Å². The first kappa shape index (κ1) is 23.8. The molecule has 2 atom stereocenters. The van der Waals surface area contributed by atoms with E-state index in [2.05, 4.69) is 31.5 Å². The van der Waals surface area contributed by atoms with E-state index in [-0.39, 0.29) is 18.2 Å². The number of benzene rings is 1. The lowest BCUT2D eigenvalue weighted by Gasteiger charge is -2.25. The van der Waals surface area contributed by atoms with Crippen molar-refractivity contribution in [1.29, 1.82) is 0 Å². The van der Waals surface area contributed by atoms with Gasteiger partial charge in [-0.1, -0.05) is 19.1 Å². The van der Waals surface area contributed by atoms with E-state index < -0.39 is 6.36 Å². The summed E-state index contributed by atoms with van der Waals surface area (Å²) >= 11 is 1.34. The number of rotatable bonds is 9. The molecule has 1 saturated heterocycles. The third-order valence-corrected chi connectivity index (χ3v) is 7.32. The number of amides is 1. The molecular weight excluding hydrogens is 479 g/mol. The Hall–Kier alpha value is -2.92. The van der Waals surface area contributed by atoms with E-state index >= 15 is 0 Å². The van der Waals surface area contributed by atoms with E-state index in [0.29, 0.717) is 35.6 Å². The number of likely N-dealkylation sites (tertiary alicyclic amines) is 1. The smallest absolute Gasteiger partial charge is 0.406 e. The van der Waals surface area contributed by atoms with E-state index in [1.165, 1.54) is 29.5 Å². The Morgan fingerprint density at radius 1 is 1.29 bits per heavy atom. The topological polar surface area (TPSA) is 74.3 Å². The van der Waals surface area contributed by atoms with Crippen LogP contribution >= 0.6 is 11.3 Å². The summed E-state index contributed by atoms with van der Waals surface area (Å²) in [5.41, 5.74) is 3.65. The highest BCUT2D eigenvalue weighted by Gasteiger charge is 2.56. The van der Waals surface area contributed by atoms with Crippen LogP contribution in [-0.2, 0) is 19.5 Å². The maximum atomic E-state index is 13.2. The molecule has 2 fully saturated rings. The summed E-state index contributed by atoms with van der Waals surface area (Å²) < 4.78 is 42.0. The largest absolute Gasteiger partial charge is 0.573 e. The molecule has 7 nitrogen and oxygen atoms in total. The number of H-pyrrole nitrogens is 1. The number of aromatic amines is 1. The first-order valence-electron chi connectivity index (χ1n) is 11.6. The lowest BCUT2D eigenvalue weighted by atomic mass is 10.1. The van der Waals surface area contributed by atoms with E-state index in [9.17, 15) is 18.0 Å². The number of halogens is 3. The van der Waals surface area contributed by atoms with E-state index in [1.807, 2.05) is 6.20 Å². The van der Waals surface area contributed by atoms with Gasteiger partial charge in [0.15, 0.2) is 0 Å². The second kappa shape index (κ2) is 9.62.